The highest BCUT2D eigenvalue weighted by Crippen LogP contribution is 2.21. The van der Waals surface area contributed by atoms with Crippen LogP contribution in [0.2, 0.25) is 5.28 Å². The summed E-state index contributed by atoms with van der Waals surface area (Å²) in [6.07, 6.45) is 3.82. The Labute approximate surface area is 183 Å². The molecule has 1 aromatic carbocycles. The van der Waals surface area contributed by atoms with Gasteiger partial charge in [0.15, 0.2) is 11.5 Å². The number of fused-ring (bicyclic) bond motifs is 1. The standard InChI is InChI=1S/C21H23ClN6O3/c22-20-26-18(23)17-19(27-20)28(13-25-17)8-1-2-9-31-21(29)24-12-14-5-3-6-15(11-14)16-7-4-10-30-16/h3-7,10-11,13,21,24,29H,1-2,8-9,12H2,(H2,23,26,27). The molecule has 4 aromatic rings. The van der Waals surface area contributed by atoms with Gasteiger partial charge in [0.25, 0.3) is 0 Å². The normalized spacial score (nSPS) is 12.5. The van der Waals surface area contributed by atoms with E-state index in [4.69, 9.17) is 26.5 Å². The Kier molecular flexibility index (Phi) is 6.78. The molecule has 0 radical (unpaired) electrons. The van der Waals surface area contributed by atoms with Gasteiger partial charge in [0.2, 0.25) is 11.7 Å². The number of aliphatic hydroxyl groups is 1. The number of nitrogens with zero attached hydrogens (tertiary/aromatic N) is 4. The summed E-state index contributed by atoms with van der Waals surface area (Å²) >= 11 is 5.88. The average Bonchev–Trinajstić information content (AvgIpc) is 3.43. The molecule has 162 valence electrons. The van der Waals surface area contributed by atoms with Crippen LogP contribution in [0, 0.1) is 0 Å². The van der Waals surface area contributed by atoms with E-state index in [0.29, 0.717) is 30.9 Å². The Balaban J connectivity index is 1.18. The van der Waals surface area contributed by atoms with E-state index < -0.39 is 6.41 Å². The lowest BCUT2D eigenvalue weighted by Crippen LogP contribution is -2.31. The van der Waals surface area contributed by atoms with Crippen LogP contribution in [0.1, 0.15) is 18.4 Å². The molecule has 9 nitrogen and oxygen atoms in total. The maximum absolute atomic E-state index is 10.0. The fourth-order valence-electron chi connectivity index (χ4n) is 3.22. The summed E-state index contributed by atoms with van der Waals surface area (Å²) in [7, 11) is 0. The van der Waals surface area contributed by atoms with Crippen molar-refractivity contribution in [3.63, 3.8) is 0 Å². The van der Waals surface area contributed by atoms with Crippen LogP contribution in [0.4, 0.5) is 5.82 Å². The van der Waals surface area contributed by atoms with Gasteiger partial charge in [-0.25, -0.2) is 4.98 Å². The number of furan rings is 1. The Morgan fingerprint density at radius 3 is 2.97 bits per heavy atom. The summed E-state index contributed by atoms with van der Waals surface area (Å²) in [5.74, 6) is 1.07. The summed E-state index contributed by atoms with van der Waals surface area (Å²) in [5.41, 5.74) is 8.96. The molecule has 0 fully saturated rings. The number of hydrogen-bond acceptors (Lipinski definition) is 8. The number of rotatable bonds is 10. The third-order valence-electron chi connectivity index (χ3n) is 4.75. The summed E-state index contributed by atoms with van der Waals surface area (Å²) in [4.78, 5) is 12.3. The van der Waals surface area contributed by atoms with Crippen molar-refractivity contribution in [2.45, 2.75) is 32.3 Å². The summed E-state index contributed by atoms with van der Waals surface area (Å²) < 4.78 is 12.7. The molecular formula is C21H23ClN6O3. The summed E-state index contributed by atoms with van der Waals surface area (Å²) in [6.45, 7) is 1.56. The average molecular weight is 443 g/mol. The Morgan fingerprint density at radius 1 is 1.23 bits per heavy atom. The second-order valence-corrected chi connectivity index (χ2v) is 7.31. The van der Waals surface area contributed by atoms with E-state index in [1.165, 1.54) is 0 Å². The van der Waals surface area contributed by atoms with Crippen molar-refractivity contribution >= 4 is 28.6 Å². The highest BCUT2D eigenvalue weighted by Gasteiger charge is 2.10. The largest absolute Gasteiger partial charge is 0.464 e. The van der Waals surface area contributed by atoms with Crippen molar-refractivity contribution in [1.82, 2.24) is 24.8 Å². The van der Waals surface area contributed by atoms with Crippen LogP contribution in [0.15, 0.2) is 53.4 Å². The zero-order valence-electron chi connectivity index (χ0n) is 16.7. The van der Waals surface area contributed by atoms with Gasteiger partial charge in [0.1, 0.15) is 11.3 Å². The first-order valence-corrected chi connectivity index (χ1v) is 10.3. The number of unbranched alkanes of at least 4 members (excludes halogenated alkanes) is 1. The molecule has 0 bridgehead atoms. The summed E-state index contributed by atoms with van der Waals surface area (Å²) in [5, 5.41) is 13.1. The van der Waals surface area contributed by atoms with Crippen LogP contribution >= 0.6 is 11.6 Å². The van der Waals surface area contributed by atoms with Gasteiger partial charge in [-0.2, -0.15) is 9.97 Å². The minimum absolute atomic E-state index is 0.0963. The van der Waals surface area contributed by atoms with Crippen LogP contribution in [0.3, 0.4) is 0 Å². The maximum Gasteiger partial charge on any atom is 0.226 e. The third kappa shape index (κ3) is 5.39. The number of ether oxygens (including phenoxy) is 1. The number of nitrogen functional groups attached to an aromatic ring is 1. The molecule has 3 heterocycles. The van der Waals surface area contributed by atoms with Crippen molar-refractivity contribution in [2.75, 3.05) is 12.3 Å². The van der Waals surface area contributed by atoms with Gasteiger partial charge < -0.3 is 24.6 Å². The Bertz CT molecular complexity index is 1130. The van der Waals surface area contributed by atoms with Crippen molar-refractivity contribution in [3.05, 3.63) is 59.8 Å². The molecule has 3 aromatic heterocycles. The molecule has 0 saturated carbocycles. The second-order valence-electron chi connectivity index (χ2n) is 6.98. The highest BCUT2D eigenvalue weighted by atomic mass is 35.5. The van der Waals surface area contributed by atoms with Gasteiger partial charge in [-0.05, 0) is 48.2 Å². The van der Waals surface area contributed by atoms with Gasteiger partial charge in [-0.15, -0.1) is 0 Å². The molecule has 0 aliphatic rings. The summed E-state index contributed by atoms with van der Waals surface area (Å²) in [6, 6.07) is 11.7. The number of halogens is 1. The predicted octanol–water partition coefficient (Wildman–Crippen LogP) is 3.18. The first-order valence-electron chi connectivity index (χ1n) is 9.90. The predicted molar refractivity (Wildman–Crippen MR) is 117 cm³/mol. The first kappa shape index (κ1) is 21.3. The molecule has 31 heavy (non-hydrogen) atoms. The lowest BCUT2D eigenvalue weighted by Gasteiger charge is -2.14. The fourth-order valence-corrected chi connectivity index (χ4v) is 3.39. The van der Waals surface area contributed by atoms with Crippen LogP contribution in [0.25, 0.3) is 22.5 Å². The SMILES string of the molecule is Nc1nc(Cl)nc2c1ncn2CCCCOC(O)NCc1cccc(-c2ccco2)c1. The molecule has 0 spiro atoms. The quantitative estimate of drug-likeness (QED) is 0.194. The maximum atomic E-state index is 10.0. The lowest BCUT2D eigenvalue weighted by atomic mass is 10.1. The van der Waals surface area contributed by atoms with Gasteiger partial charge in [-0.1, -0.05) is 18.2 Å². The number of aromatic nitrogens is 4. The van der Waals surface area contributed by atoms with Crippen molar-refractivity contribution < 1.29 is 14.3 Å². The number of nitrogens with one attached hydrogen (secondary N) is 1. The number of nitrogens with two attached hydrogens (primary N) is 1. The molecule has 4 rings (SSSR count). The number of hydrogen-bond donors (Lipinski definition) is 3. The van der Waals surface area contributed by atoms with E-state index >= 15 is 0 Å². The van der Waals surface area contributed by atoms with Gasteiger partial charge in [0.05, 0.1) is 19.2 Å². The Morgan fingerprint density at radius 2 is 2.13 bits per heavy atom. The number of anilines is 1. The van der Waals surface area contributed by atoms with Gasteiger partial charge in [-0.3, -0.25) is 5.32 Å². The van der Waals surface area contributed by atoms with Crippen LogP contribution < -0.4 is 11.1 Å². The van der Waals surface area contributed by atoms with Crippen LogP contribution in [-0.4, -0.2) is 37.6 Å². The van der Waals surface area contributed by atoms with E-state index in [-0.39, 0.29) is 11.1 Å². The molecule has 0 amide bonds. The topological polar surface area (TPSA) is 124 Å². The minimum Gasteiger partial charge on any atom is -0.464 e. The fraction of sp³-hybridized carbons (Fsp3) is 0.286. The Hall–Kier alpha value is -2.98. The number of imidazole rings is 1. The third-order valence-corrected chi connectivity index (χ3v) is 4.92. The highest BCUT2D eigenvalue weighted by molar-refractivity contribution is 6.28. The molecule has 0 aliphatic heterocycles. The zero-order valence-corrected chi connectivity index (χ0v) is 17.5. The number of aliphatic hydroxyl groups excluding tert-OH is 1. The van der Waals surface area contributed by atoms with E-state index in [9.17, 15) is 5.11 Å². The van der Waals surface area contributed by atoms with Crippen LogP contribution in [0.5, 0.6) is 0 Å². The van der Waals surface area contributed by atoms with E-state index in [1.54, 1.807) is 12.6 Å². The van der Waals surface area contributed by atoms with E-state index in [0.717, 1.165) is 29.7 Å². The first-order chi connectivity index (χ1) is 15.1. The van der Waals surface area contributed by atoms with Crippen molar-refractivity contribution in [1.29, 1.82) is 0 Å². The van der Waals surface area contributed by atoms with Crippen LogP contribution in [-0.2, 0) is 17.8 Å². The van der Waals surface area contributed by atoms with E-state index in [1.807, 2.05) is 41.0 Å². The number of aryl methyl sites for hydroxylation is 1. The van der Waals surface area contributed by atoms with Gasteiger partial charge in [0, 0.05) is 18.7 Å². The monoisotopic (exact) mass is 442 g/mol. The molecule has 0 saturated heterocycles. The molecule has 1 atom stereocenters. The minimum atomic E-state index is -1.05. The number of benzene rings is 1. The van der Waals surface area contributed by atoms with E-state index in [2.05, 4.69) is 20.3 Å². The molecule has 4 N–H and O–H groups in total. The molecule has 10 heteroatoms. The second kappa shape index (κ2) is 9.88. The molecule has 0 aliphatic carbocycles. The zero-order chi connectivity index (χ0) is 21.6. The van der Waals surface area contributed by atoms with Crippen molar-refractivity contribution in [3.8, 4) is 11.3 Å². The smallest absolute Gasteiger partial charge is 0.226 e. The van der Waals surface area contributed by atoms with Gasteiger partial charge >= 0.3 is 0 Å². The van der Waals surface area contributed by atoms with Crippen molar-refractivity contribution in [2.24, 2.45) is 0 Å². The molecular weight excluding hydrogens is 420 g/mol. The molecule has 1 unspecified atom stereocenters. The lowest BCUT2D eigenvalue weighted by molar-refractivity contribution is -0.122.